The lowest BCUT2D eigenvalue weighted by atomic mass is 10.1. The number of nitrogens with two attached hydrogens (primary N) is 2. The number of carbonyl (C=O) groups excluding carboxylic acids is 2. The molecule has 0 aliphatic rings. The molecule has 2 aromatic heterocycles. The molecule has 4 rings (SSSR count). The second-order valence-corrected chi connectivity index (χ2v) is 9.14. The van der Waals surface area contributed by atoms with Gasteiger partial charge >= 0.3 is 6.18 Å². The Labute approximate surface area is 217 Å². The lowest BCUT2D eigenvalue weighted by Gasteiger charge is -2.26. The van der Waals surface area contributed by atoms with Gasteiger partial charge in [0.1, 0.15) is 17.8 Å². The Bertz CT molecular complexity index is 1410. The molecule has 0 radical (unpaired) electrons. The number of carbonyl (C=O) groups is 2. The number of rotatable bonds is 6. The van der Waals surface area contributed by atoms with Crippen LogP contribution in [0, 0.1) is 6.92 Å². The molecule has 4 aromatic rings. The standard InChI is InChI=1S/C24H27N7O.C2HF3O/c1-15-4-8-17(9-5-15)20-19-21(26)28-14-29-22(19)31(30-20)24(2,3)13-27-23(32)18-10-6-16(12-25)7-11-18;3-2(4,5)1-6/h4-11,14H,12-13,25H2,1-3H3,(H,27,32)(H2,26,28,29);1H. The summed E-state index contributed by atoms with van der Waals surface area (Å²) in [5.74, 6) is 0.211. The van der Waals surface area contributed by atoms with Gasteiger partial charge in [-0.2, -0.15) is 18.3 Å². The summed E-state index contributed by atoms with van der Waals surface area (Å²) in [5.41, 5.74) is 16.3. The van der Waals surface area contributed by atoms with Gasteiger partial charge in [0.25, 0.3) is 5.91 Å². The van der Waals surface area contributed by atoms with Crippen molar-refractivity contribution in [3.8, 4) is 11.3 Å². The molecule has 1 amide bonds. The molecular weight excluding hydrogens is 499 g/mol. The maximum atomic E-state index is 12.7. The second kappa shape index (κ2) is 11.4. The first-order valence-corrected chi connectivity index (χ1v) is 11.5. The van der Waals surface area contributed by atoms with E-state index in [4.69, 9.17) is 21.4 Å². The zero-order chi connectivity index (χ0) is 28.1. The molecule has 0 aliphatic heterocycles. The van der Waals surface area contributed by atoms with Gasteiger partial charge in [0.2, 0.25) is 6.29 Å². The minimum Gasteiger partial charge on any atom is -0.383 e. The Kier molecular flexibility index (Phi) is 8.46. The average molecular weight is 528 g/mol. The summed E-state index contributed by atoms with van der Waals surface area (Å²) in [5, 5.41) is 8.57. The molecule has 0 spiro atoms. The molecule has 0 saturated heterocycles. The van der Waals surface area contributed by atoms with Gasteiger partial charge in [-0.25, -0.2) is 14.6 Å². The van der Waals surface area contributed by atoms with Gasteiger partial charge in [-0.3, -0.25) is 9.59 Å². The topological polar surface area (TPSA) is 142 Å². The lowest BCUT2D eigenvalue weighted by molar-refractivity contribution is -0.156. The Morgan fingerprint density at radius 2 is 1.66 bits per heavy atom. The minimum atomic E-state index is -4.64. The summed E-state index contributed by atoms with van der Waals surface area (Å²) in [6.07, 6.45) is -4.27. The van der Waals surface area contributed by atoms with Crippen LogP contribution in [0.5, 0.6) is 0 Å². The number of hydrogen-bond acceptors (Lipinski definition) is 7. The van der Waals surface area contributed by atoms with Crippen molar-refractivity contribution in [2.75, 3.05) is 12.3 Å². The SMILES string of the molecule is Cc1ccc(-c2nn(C(C)(C)CNC(=O)c3ccc(CN)cc3)c3ncnc(N)c23)cc1.O=CC(F)(F)F. The third kappa shape index (κ3) is 6.71. The zero-order valence-electron chi connectivity index (χ0n) is 21.1. The van der Waals surface area contributed by atoms with Crippen LogP contribution in [-0.2, 0) is 16.9 Å². The maximum Gasteiger partial charge on any atom is 0.446 e. The molecule has 12 heteroatoms. The molecule has 2 aromatic carbocycles. The van der Waals surface area contributed by atoms with Crippen molar-refractivity contribution in [2.24, 2.45) is 5.73 Å². The number of fused-ring (bicyclic) bond motifs is 1. The Morgan fingerprint density at radius 1 is 1.05 bits per heavy atom. The molecule has 0 bridgehead atoms. The number of aldehydes is 1. The molecule has 0 fully saturated rings. The summed E-state index contributed by atoms with van der Waals surface area (Å²) in [7, 11) is 0. The normalized spacial score (nSPS) is 11.6. The number of nitrogens with zero attached hydrogens (tertiary/aromatic N) is 4. The van der Waals surface area contributed by atoms with Crippen LogP contribution < -0.4 is 16.8 Å². The number of benzene rings is 2. The number of amides is 1. The first-order valence-electron chi connectivity index (χ1n) is 11.5. The molecule has 0 aliphatic carbocycles. The molecule has 9 nitrogen and oxygen atoms in total. The fourth-order valence-electron chi connectivity index (χ4n) is 3.58. The van der Waals surface area contributed by atoms with Crippen LogP contribution >= 0.6 is 0 Å². The van der Waals surface area contributed by atoms with Crippen LogP contribution in [0.2, 0.25) is 0 Å². The van der Waals surface area contributed by atoms with E-state index >= 15 is 0 Å². The van der Waals surface area contributed by atoms with E-state index in [0.29, 0.717) is 35.5 Å². The third-order valence-corrected chi connectivity index (χ3v) is 5.66. The highest BCUT2D eigenvalue weighted by molar-refractivity contribution is 5.98. The van der Waals surface area contributed by atoms with Crippen molar-refractivity contribution in [3.63, 3.8) is 0 Å². The summed E-state index contributed by atoms with van der Waals surface area (Å²) in [6.45, 7) is 6.81. The highest BCUT2D eigenvalue weighted by Crippen LogP contribution is 2.33. The van der Waals surface area contributed by atoms with E-state index in [1.54, 1.807) is 12.1 Å². The van der Waals surface area contributed by atoms with Crippen molar-refractivity contribution in [1.82, 2.24) is 25.1 Å². The van der Waals surface area contributed by atoms with Gasteiger partial charge in [-0.05, 0) is 38.5 Å². The van der Waals surface area contributed by atoms with Gasteiger partial charge in [-0.1, -0.05) is 42.0 Å². The Morgan fingerprint density at radius 3 is 2.21 bits per heavy atom. The van der Waals surface area contributed by atoms with Crippen LogP contribution in [0.15, 0.2) is 54.9 Å². The Hall–Kier alpha value is -4.32. The van der Waals surface area contributed by atoms with Crippen molar-refractivity contribution in [2.45, 2.75) is 39.0 Å². The molecule has 0 saturated carbocycles. The third-order valence-electron chi connectivity index (χ3n) is 5.66. The monoisotopic (exact) mass is 527 g/mol. The molecular formula is C26H28F3N7O2. The van der Waals surface area contributed by atoms with Crippen molar-refractivity contribution in [3.05, 3.63) is 71.5 Å². The Balaban J connectivity index is 0.000000599. The van der Waals surface area contributed by atoms with Gasteiger partial charge in [-0.15, -0.1) is 0 Å². The number of aromatic nitrogens is 4. The average Bonchev–Trinajstić information content (AvgIpc) is 3.30. The predicted octanol–water partition coefficient (Wildman–Crippen LogP) is 3.76. The highest BCUT2D eigenvalue weighted by Gasteiger charge is 2.28. The largest absolute Gasteiger partial charge is 0.446 e. The smallest absolute Gasteiger partial charge is 0.383 e. The summed E-state index contributed by atoms with van der Waals surface area (Å²) in [6, 6.07) is 15.3. The number of anilines is 1. The number of alkyl halides is 3. The van der Waals surface area contributed by atoms with E-state index < -0.39 is 18.0 Å². The van der Waals surface area contributed by atoms with Gasteiger partial charge in [0.15, 0.2) is 5.65 Å². The first-order chi connectivity index (χ1) is 17.9. The van der Waals surface area contributed by atoms with E-state index in [1.807, 2.05) is 61.9 Å². The number of nitrogen functional groups attached to an aromatic ring is 1. The van der Waals surface area contributed by atoms with Crippen LogP contribution in [-0.4, -0.2) is 44.7 Å². The van der Waals surface area contributed by atoms with Crippen molar-refractivity contribution < 1.29 is 22.8 Å². The van der Waals surface area contributed by atoms with Crippen LogP contribution in [0.25, 0.3) is 22.3 Å². The van der Waals surface area contributed by atoms with Crippen molar-refractivity contribution in [1.29, 1.82) is 0 Å². The van der Waals surface area contributed by atoms with E-state index in [9.17, 15) is 18.0 Å². The van der Waals surface area contributed by atoms with Crippen LogP contribution in [0.1, 0.15) is 35.3 Å². The van der Waals surface area contributed by atoms with E-state index in [-0.39, 0.29) is 5.91 Å². The first kappa shape index (κ1) is 28.3. The molecule has 5 N–H and O–H groups in total. The van der Waals surface area contributed by atoms with Crippen LogP contribution in [0.3, 0.4) is 0 Å². The summed E-state index contributed by atoms with van der Waals surface area (Å²) in [4.78, 5) is 30.0. The van der Waals surface area contributed by atoms with E-state index in [2.05, 4.69) is 15.3 Å². The predicted molar refractivity (Wildman–Crippen MR) is 138 cm³/mol. The van der Waals surface area contributed by atoms with Crippen LogP contribution in [0.4, 0.5) is 19.0 Å². The zero-order valence-corrected chi connectivity index (χ0v) is 21.1. The maximum absolute atomic E-state index is 12.7. The quantitative estimate of drug-likeness (QED) is 0.324. The molecule has 2 heterocycles. The van der Waals surface area contributed by atoms with E-state index in [0.717, 1.165) is 22.4 Å². The number of halogens is 3. The fourth-order valence-corrected chi connectivity index (χ4v) is 3.58. The number of nitrogens with one attached hydrogen (secondary N) is 1. The molecule has 200 valence electrons. The summed E-state index contributed by atoms with van der Waals surface area (Å²) >= 11 is 0. The fraction of sp³-hybridized carbons (Fsp3) is 0.269. The highest BCUT2D eigenvalue weighted by atomic mass is 19.4. The summed E-state index contributed by atoms with van der Waals surface area (Å²) < 4.78 is 33.1. The lowest BCUT2D eigenvalue weighted by Crippen LogP contribution is -2.41. The second-order valence-electron chi connectivity index (χ2n) is 9.14. The van der Waals surface area contributed by atoms with Gasteiger partial charge < -0.3 is 16.8 Å². The minimum absolute atomic E-state index is 0.161. The number of hydrogen-bond donors (Lipinski definition) is 3. The molecule has 0 unspecified atom stereocenters. The molecule has 0 atom stereocenters. The van der Waals surface area contributed by atoms with Gasteiger partial charge in [0, 0.05) is 24.2 Å². The van der Waals surface area contributed by atoms with Crippen molar-refractivity contribution >= 4 is 29.0 Å². The number of aryl methyl sites for hydroxylation is 1. The van der Waals surface area contributed by atoms with Gasteiger partial charge in [0.05, 0.1) is 10.9 Å². The molecule has 38 heavy (non-hydrogen) atoms. The van der Waals surface area contributed by atoms with E-state index in [1.165, 1.54) is 6.33 Å².